The number of nitrogens with zero attached hydrogens (tertiary/aromatic N) is 2. The van der Waals surface area contributed by atoms with Crippen LogP contribution >= 0.6 is 11.3 Å². The van der Waals surface area contributed by atoms with Crippen LogP contribution in [0.1, 0.15) is 31.0 Å². The summed E-state index contributed by atoms with van der Waals surface area (Å²) in [5.74, 6) is 0.732. The zero-order chi connectivity index (χ0) is 26.0. The van der Waals surface area contributed by atoms with Gasteiger partial charge in [-0.1, -0.05) is 23.5 Å². The lowest BCUT2D eigenvalue weighted by molar-refractivity contribution is -0.139. The van der Waals surface area contributed by atoms with Crippen molar-refractivity contribution in [2.24, 2.45) is 4.99 Å². The van der Waals surface area contributed by atoms with Crippen LogP contribution in [0.3, 0.4) is 0 Å². The smallest absolute Gasteiger partial charge is 0.338 e. The molecule has 0 radical (unpaired) electrons. The van der Waals surface area contributed by atoms with Crippen LogP contribution in [-0.2, 0) is 9.53 Å². The molecule has 0 spiro atoms. The lowest BCUT2D eigenvalue weighted by atomic mass is 9.95. The van der Waals surface area contributed by atoms with Gasteiger partial charge in [0.2, 0.25) is 0 Å². The van der Waals surface area contributed by atoms with Crippen molar-refractivity contribution in [1.82, 2.24) is 4.57 Å². The number of ether oxygens (including phenoxy) is 4. The van der Waals surface area contributed by atoms with Crippen molar-refractivity contribution in [2.75, 3.05) is 27.9 Å². The Bertz CT molecular complexity index is 1530. The number of fused-ring (bicyclic) bond motifs is 1. The Morgan fingerprint density at radius 1 is 1.08 bits per heavy atom. The topological polar surface area (TPSA) is 109 Å². The van der Waals surface area contributed by atoms with Gasteiger partial charge in [-0.05, 0) is 55.3 Å². The largest absolute Gasteiger partial charge is 0.504 e. The molecule has 3 aromatic rings. The zero-order valence-electron chi connectivity index (χ0n) is 20.5. The lowest BCUT2D eigenvalue weighted by Crippen LogP contribution is -2.39. The molecule has 36 heavy (non-hydrogen) atoms. The van der Waals surface area contributed by atoms with Gasteiger partial charge < -0.3 is 24.1 Å². The number of methoxy groups -OCH3 is 3. The average molecular weight is 511 g/mol. The number of esters is 1. The Labute approximate surface area is 211 Å². The highest BCUT2D eigenvalue weighted by molar-refractivity contribution is 7.07. The van der Waals surface area contributed by atoms with Crippen molar-refractivity contribution < 1.29 is 28.8 Å². The van der Waals surface area contributed by atoms with Crippen molar-refractivity contribution in [3.05, 3.63) is 78.5 Å². The van der Waals surface area contributed by atoms with Crippen molar-refractivity contribution in [2.45, 2.75) is 19.9 Å². The van der Waals surface area contributed by atoms with Crippen LogP contribution in [0, 0.1) is 0 Å². The first-order valence-electron chi connectivity index (χ1n) is 11.1. The maximum Gasteiger partial charge on any atom is 0.338 e. The Morgan fingerprint density at radius 3 is 2.47 bits per heavy atom. The molecule has 0 aliphatic carbocycles. The second kappa shape index (κ2) is 10.3. The van der Waals surface area contributed by atoms with E-state index < -0.39 is 12.0 Å². The molecule has 0 bridgehead atoms. The van der Waals surface area contributed by atoms with E-state index in [1.807, 2.05) is 0 Å². The molecule has 1 atom stereocenters. The van der Waals surface area contributed by atoms with Crippen LogP contribution in [0.15, 0.2) is 57.5 Å². The molecule has 1 aliphatic heterocycles. The fourth-order valence-corrected chi connectivity index (χ4v) is 5.11. The predicted octanol–water partition coefficient (Wildman–Crippen LogP) is 2.53. The first-order valence-corrected chi connectivity index (χ1v) is 11.9. The van der Waals surface area contributed by atoms with Gasteiger partial charge in [-0.2, -0.15) is 0 Å². The molecule has 1 N–H and O–H groups in total. The van der Waals surface area contributed by atoms with Crippen LogP contribution < -0.4 is 29.1 Å². The number of thiazole rings is 1. The fraction of sp³-hybridized carbons (Fsp3) is 0.269. The number of allylic oxidation sites excluding steroid dienone is 1. The van der Waals surface area contributed by atoms with Crippen LogP contribution in [0.25, 0.3) is 6.08 Å². The van der Waals surface area contributed by atoms with Gasteiger partial charge in [0.05, 0.1) is 49.8 Å². The number of aromatic hydroxyl groups is 1. The fourth-order valence-electron chi connectivity index (χ4n) is 4.07. The van der Waals surface area contributed by atoms with Crippen LogP contribution in [-0.4, -0.2) is 43.6 Å². The molecule has 2 heterocycles. The summed E-state index contributed by atoms with van der Waals surface area (Å²) in [7, 11) is 4.51. The van der Waals surface area contributed by atoms with Gasteiger partial charge in [0.25, 0.3) is 5.56 Å². The Hall–Kier alpha value is -4.05. The molecule has 0 saturated heterocycles. The van der Waals surface area contributed by atoms with Gasteiger partial charge in [0, 0.05) is 0 Å². The summed E-state index contributed by atoms with van der Waals surface area (Å²) < 4.78 is 23.2. The third-order valence-corrected chi connectivity index (χ3v) is 6.72. The van der Waals surface area contributed by atoms with E-state index in [4.69, 9.17) is 18.9 Å². The number of benzene rings is 2. The standard InChI is InChI=1S/C26H26N2O7S/c1-6-35-25(31)22-14(2)27-26-28(23(22)16-8-10-18(32-3)20(13-16)34-5)24(30)21(36-26)12-15-7-9-17(29)19(11-15)33-4/h7-13,23,29H,6H2,1-5H3/b21-12-. The van der Waals surface area contributed by atoms with Crippen molar-refractivity contribution in [3.63, 3.8) is 0 Å². The highest BCUT2D eigenvalue weighted by atomic mass is 32.1. The summed E-state index contributed by atoms with van der Waals surface area (Å²) in [4.78, 5) is 31.8. The molecule has 0 saturated carbocycles. The van der Waals surface area contributed by atoms with Crippen LogP contribution in [0.5, 0.6) is 23.0 Å². The minimum Gasteiger partial charge on any atom is -0.504 e. The third-order valence-electron chi connectivity index (χ3n) is 5.74. The van der Waals surface area contributed by atoms with Gasteiger partial charge in [0.1, 0.15) is 0 Å². The molecule has 4 rings (SSSR count). The Balaban J connectivity index is 1.96. The molecule has 1 aliphatic rings. The van der Waals surface area contributed by atoms with E-state index in [9.17, 15) is 14.7 Å². The van der Waals surface area contributed by atoms with Gasteiger partial charge in [0.15, 0.2) is 27.8 Å². The van der Waals surface area contributed by atoms with Crippen molar-refractivity contribution in [3.8, 4) is 23.0 Å². The van der Waals surface area contributed by atoms with E-state index in [1.54, 1.807) is 50.3 Å². The van der Waals surface area contributed by atoms with E-state index in [0.29, 0.717) is 43.4 Å². The maximum atomic E-state index is 13.7. The molecule has 0 amide bonds. The number of phenolic OH excluding ortho intramolecular Hbond substituents is 1. The Morgan fingerprint density at radius 2 is 1.81 bits per heavy atom. The zero-order valence-corrected chi connectivity index (χ0v) is 21.3. The van der Waals surface area contributed by atoms with Gasteiger partial charge in [-0.3, -0.25) is 9.36 Å². The van der Waals surface area contributed by atoms with Crippen molar-refractivity contribution >= 4 is 23.4 Å². The number of rotatable bonds is 7. The molecule has 188 valence electrons. The summed E-state index contributed by atoms with van der Waals surface area (Å²) in [6.45, 7) is 3.63. The summed E-state index contributed by atoms with van der Waals surface area (Å²) in [6.07, 6.45) is 1.70. The highest BCUT2D eigenvalue weighted by Gasteiger charge is 2.33. The van der Waals surface area contributed by atoms with E-state index >= 15 is 0 Å². The number of carbonyl (C=O) groups excluding carboxylic acids is 1. The molecular weight excluding hydrogens is 484 g/mol. The van der Waals surface area contributed by atoms with E-state index in [1.165, 1.54) is 43.3 Å². The summed E-state index contributed by atoms with van der Waals surface area (Å²) in [5, 5.41) is 9.90. The average Bonchev–Trinajstić information content (AvgIpc) is 3.18. The van der Waals surface area contributed by atoms with Gasteiger partial charge in [-0.25, -0.2) is 9.79 Å². The maximum absolute atomic E-state index is 13.7. The Kier molecular flexibility index (Phi) is 7.16. The molecule has 1 aromatic heterocycles. The SMILES string of the molecule is CCOC(=O)C1=C(C)N=c2s/c(=C\c3ccc(O)c(OC)c3)c(=O)n2C1c1ccc(OC)c(OC)c1. The van der Waals surface area contributed by atoms with Crippen LogP contribution in [0.4, 0.5) is 0 Å². The summed E-state index contributed by atoms with van der Waals surface area (Å²) in [6, 6.07) is 9.28. The highest BCUT2D eigenvalue weighted by Crippen LogP contribution is 2.36. The third kappa shape index (κ3) is 4.47. The molecule has 0 fully saturated rings. The van der Waals surface area contributed by atoms with E-state index in [2.05, 4.69) is 4.99 Å². The predicted molar refractivity (Wildman–Crippen MR) is 135 cm³/mol. The minimum absolute atomic E-state index is 0.000679. The summed E-state index contributed by atoms with van der Waals surface area (Å²) in [5.41, 5.74) is 1.73. The van der Waals surface area contributed by atoms with Crippen molar-refractivity contribution in [1.29, 1.82) is 0 Å². The van der Waals surface area contributed by atoms with Gasteiger partial charge >= 0.3 is 5.97 Å². The molecule has 10 heteroatoms. The lowest BCUT2D eigenvalue weighted by Gasteiger charge is -2.25. The van der Waals surface area contributed by atoms with Crippen LogP contribution in [0.2, 0.25) is 0 Å². The first-order chi connectivity index (χ1) is 17.3. The van der Waals surface area contributed by atoms with E-state index in [-0.39, 0.29) is 23.5 Å². The first kappa shape index (κ1) is 25.1. The normalized spacial score (nSPS) is 15.2. The molecular formula is C26H26N2O7S. The number of carbonyl (C=O) groups is 1. The molecule has 2 aromatic carbocycles. The van der Waals surface area contributed by atoms with Gasteiger partial charge in [-0.15, -0.1) is 0 Å². The van der Waals surface area contributed by atoms with E-state index in [0.717, 1.165) is 0 Å². The number of hydrogen-bond acceptors (Lipinski definition) is 9. The number of phenols is 1. The number of hydrogen-bond donors (Lipinski definition) is 1. The molecule has 9 nitrogen and oxygen atoms in total. The second-order valence-corrected chi connectivity index (χ2v) is 8.86. The quantitative estimate of drug-likeness (QED) is 0.487. The second-order valence-electron chi connectivity index (χ2n) is 7.85. The summed E-state index contributed by atoms with van der Waals surface area (Å²) >= 11 is 1.20. The molecule has 1 unspecified atom stereocenters. The minimum atomic E-state index is -0.781. The monoisotopic (exact) mass is 510 g/mol. The number of aromatic nitrogens is 1.